The van der Waals surface area contributed by atoms with Gasteiger partial charge in [-0.1, -0.05) is 11.8 Å². The Hall–Kier alpha value is -1.55. The summed E-state index contributed by atoms with van der Waals surface area (Å²) in [6, 6.07) is 0.313. The lowest BCUT2D eigenvalue weighted by molar-refractivity contribution is -0.0331. The first kappa shape index (κ1) is 21.2. The number of ether oxygens (including phenoxy) is 3. The predicted octanol–water partition coefficient (Wildman–Crippen LogP) is 4.46. The molecular formula is C22H31NO4S. The zero-order valence-electron chi connectivity index (χ0n) is 17.3. The Bertz CT molecular complexity index is 726. The van der Waals surface area contributed by atoms with Crippen LogP contribution in [0.2, 0.25) is 0 Å². The molecule has 1 aliphatic carbocycles. The Balaban J connectivity index is 1.66. The Morgan fingerprint density at radius 1 is 1.21 bits per heavy atom. The van der Waals surface area contributed by atoms with Crippen molar-refractivity contribution in [1.82, 2.24) is 0 Å². The molecule has 1 aromatic rings. The molecule has 28 heavy (non-hydrogen) atoms. The van der Waals surface area contributed by atoms with Crippen molar-refractivity contribution in [3.63, 3.8) is 0 Å². The Kier molecular flexibility index (Phi) is 7.03. The van der Waals surface area contributed by atoms with Crippen LogP contribution in [0.4, 0.5) is 5.69 Å². The van der Waals surface area contributed by atoms with Gasteiger partial charge >= 0.3 is 5.97 Å². The summed E-state index contributed by atoms with van der Waals surface area (Å²) >= 11 is 1.39. The van der Waals surface area contributed by atoms with E-state index in [1.54, 1.807) is 0 Å². The van der Waals surface area contributed by atoms with Gasteiger partial charge in [-0.05, 0) is 52.9 Å². The fourth-order valence-corrected chi connectivity index (χ4v) is 4.41. The van der Waals surface area contributed by atoms with E-state index < -0.39 is 0 Å². The minimum absolute atomic E-state index is 0.0933. The van der Waals surface area contributed by atoms with Crippen LogP contribution in [0.5, 0.6) is 0 Å². The molecule has 1 aromatic heterocycles. The Labute approximate surface area is 172 Å². The third-order valence-electron chi connectivity index (χ3n) is 5.03. The van der Waals surface area contributed by atoms with E-state index in [-0.39, 0.29) is 17.5 Å². The summed E-state index contributed by atoms with van der Waals surface area (Å²) in [4.78, 5) is 12.8. The van der Waals surface area contributed by atoms with E-state index in [2.05, 4.69) is 37.9 Å². The number of thiophene rings is 1. The molecule has 0 spiro atoms. The number of esters is 1. The molecule has 2 fully saturated rings. The highest BCUT2D eigenvalue weighted by Gasteiger charge is 2.28. The number of anilines is 1. The lowest BCUT2D eigenvalue weighted by Gasteiger charge is -2.31. The van der Waals surface area contributed by atoms with Gasteiger partial charge in [0.1, 0.15) is 4.88 Å². The van der Waals surface area contributed by atoms with Crippen LogP contribution in [0, 0.1) is 17.3 Å². The topological polar surface area (TPSA) is 56.8 Å². The largest absolute Gasteiger partial charge is 0.465 e. The van der Waals surface area contributed by atoms with E-state index in [1.165, 1.54) is 18.4 Å². The van der Waals surface area contributed by atoms with Crippen LogP contribution in [-0.4, -0.2) is 44.5 Å². The SMILES string of the molecule is COC(=O)c1scc(C#CC(C)(C)C)c1NC1CCC(O[C@H]2CCOC2)CC1. The average Bonchev–Trinajstić information content (AvgIpc) is 3.30. The predicted molar refractivity (Wildman–Crippen MR) is 112 cm³/mol. The van der Waals surface area contributed by atoms with Crippen LogP contribution in [0.3, 0.4) is 0 Å². The highest BCUT2D eigenvalue weighted by atomic mass is 32.1. The molecule has 1 saturated heterocycles. The van der Waals surface area contributed by atoms with Gasteiger partial charge in [-0.15, -0.1) is 11.3 Å². The molecule has 1 saturated carbocycles. The van der Waals surface area contributed by atoms with Gasteiger partial charge in [-0.3, -0.25) is 0 Å². The summed E-state index contributed by atoms with van der Waals surface area (Å²) in [7, 11) is 1.42. The van der Waals surface area contributed by atoms with Crippen molar-refractivity contribution in [3.05, 3.63) is 15.8 Å². The maximum Gasteiger partial charge on any atom is 0.350 e. The minimum Gasteiger partial charge on any atom is -0.465 e. The molecule has 0 amide bonds. The maximum atomic E-state index is 12.2. The zero-order valence-corrected chi connectivity index (χ0v) is 18.1. The molecule has 1 atom stereocenters. The minimum atomic E-state index is -0.311. The summed E-state index contributed by atoms with van der Waals surface area (Å²) < 4.78 is 16.5. The van der Waals surface area contributed by atoms with Crippen molar-refractivity contribution in [3.8, 4) is 11.8 Å². The molecule has 0 unspecified atom stereocenters. The standard InChI is InChI=1S/C22H31NO4S/c1-22(2,3)11-9-15-14-28-20(21(24)25-4)19(15)23-16-5-7-17(8-6-16)27-18-10-12-26-13-18/h14,16-18,23H,5-8,10,12-13H2,1-4H3/t16?,17?,18-/m0/s1. The number of rotatable bonds is 5. The lowest BCUT2D eigenvalue weighted by atomic mass is 9.92. The molecule has 154 valence electrons. The van der Waals surface area contributed by atoms with Crippen LogP contribution < -0.4 is 5.32 Å². The summed E-state index contributed by atoms with van der Waals surface area (Å²) in [6.07, 6.45) is 5.65. The number of nitrogens with one attached hydrogen (secondary N) is 1. The van der Waals surface area contributed by atoms with Crippen molar-refractivity contribution in [2.45, 2.75) is 71.1 Å². The first-order valence-electron chi connectivity index (χ1n) is 10.1. The third kappa shape index (κ3) is 5.73. The summed E-state index contributed by atoms with van der Waals surface area (Å²) in [6.45, 7) is 7.78. The lowest BCUT2D eigenvalue weighted by Crippen LogP contribution is -2.32. The highest BCUT2D eigenvalue weighted by molar-refractivity contribution is 7.12. The number of hydrogen-bond acceptors (Lipinski definition) is 6. The van der Waals surface area contributed by atoms with Crippen LogP contribution in [0.1, 0.15) is 68.1 Å². The fourth-order valence-electron chi connectivity index (χ4n) is 3.53. The molecular weight excluding hydrogens is 374 g/mol. The van der Waals surface area contributed by atoms with Gasteiger partial charge in [0, 0.05) is 23.4 Å². The normalized spacial score (nSPS) is 25.1. The van der Waals surface area contributed by atoms with Crippen LogP contribution >= 0.6 is 11.3 Å². The highest BCUT2D eigenvalue weighted by Crippen LogP contribution is 2.33. The van der Waals surface area contributed by atoms with E-state index in [1.807, 2.05) is 5.38 Å². The first-order chi connectivity index (χ1) is 13.4. The van der Waals surface area contributed by atoms with E-state index in [4.69, 9.17) is 14.2 Å². The summed E-state index contributed by atoms with van der Waals surface area (Å²) in [5.74, 6) is 6.21. The van der Waals surface area contributed by atoms with Crippen LogP contribution in [-0.2, 0) is 14.2 Å². The van der Waals surface area contributed by atoms with Gasteiger partial charge in [0.25, 0.3) is 0 Å². The van der Waals surface area contributed by atoms with Crippen molar-refractivity contribution in [2.24, 2.45) is 5.41 Å². The molecule has 0 aromatic carbocycles. The molecule has 5 nitrogen and oxygen atoms in total. The van der Waals surface area contributed by atoms with E-state index in [9.17, 15) is 4.79 Å². The van der Waals surface area contributed by atoms with E-state index in [0.717, 1.165) is 56.6 Å². The second-order valence-corrected chi connectivity index (χ2v) is 9.46. The fraction of sp³-hybridized carbons (Fsp3) is 0.682. The van der Waals surface area contributed by atoms with Crippen molar-refractivity contribution in [2.75, 3.05) is 25.6 Å². The Morgan fingerprint density at radius 3 is 2.57 bits per heavy atom. The second-order valence-electron chi connectivity index (χ2n) is 8.58. The number of carbonyl (C=O) groups is 1. The molecule has 1 aliphatic heterocycles. The molecule has 0 radical (unpaired) electrons. The van der Waals surface area contributed by atoms with Crippen LogP contribution in [0.15, 0.2) is 5.38 Å². The number of methoxy groups -OCH3 is 1. The summed E-state index contributed by atoms with van der Waals surface area (Å²) in [5.41, 5.74) is 1.60. The first-order valence-corrected chi connectivity index (χ1v) is 11.0. The van der Waals surface area contributed by atoms with E-state index >= 15 is 0 Å². The average molecular weight is 406 g/mol. The molecule has 2 aliphatic rings. The van der Waals surface area contributed by atoms with Gasteiger partial charge in [-0.2, -0.15) is 0 Å². The smallest absolute Gasteiger partial charge is 0.350 e. The van der Waals surface area contributed by atoms with Gasteiger partial charge in [0.2, 0.25) is 0 Å². The number of hydrogen-bond donors (Lipinski definition) is 1. The van der Waals surface area contributed by atoms with Gasteiger partial charge in [0.05, 0.1) is 37.2 Å². The van der Waals surface area contributed by atoms with Crippen molar-refractivity contribution < 1.29 is 19.0 Å². The van der Waals surface area contributed by atoms with Gasteiger partial charge in [0.15, 0.2) is 0 Å². The maximum absolute atomic E-state index is 12.2. The number of carbonyl (C=O) groups excluding carboxylic acids is 1. The third-order valence-corrected chi connectivity index (χ3v) is 5.99. The monoisotopic (exact) mass is 405 g/mol. The molecule has 2 heterocycles. The van der Waals surface area contributed by atoms with Crippen LogP contribution in [0.25, 0.3) is 0 Å². The van der Waals surface area contributed by atoms with Gasteiger partial charge < -0.3 is 19.5 Å². The summed E-state index contributed by atoms with van der Waals surface area (Å²) in [5, 5.41) is 5.54. The zero-order chi connectivity index (χ0) is 20.1. The van der Waals surface area contributed by atoms with Crippen molar-refractivity contribution >= 4 is 23.0 Å². The second kappa shape index (κ2) is 9.30. The molecule has 0 bridgehead atoms. The van der Waals surface area contributed by atoms with Gasteiger partial charge in [-0.25, -0.2) is 4.79 Å². The van der Waals surface area contributed by atoms with E-state index in [0.29, 0.717) is 17.0 Å². The molecule has 6 heteroatoms. The quantitative estimate of drug-likeness (QED) is 0.579. The van der Waals surface area contributed by atoms with Crippen molar-refractivity contribution in [1.29, 1.82) is 0 Å². The molecule has 3 rings (SSSR count). The molecule has 1 N–H and O–H groups in total. The Morgan fingerprint density at radius 2 is 1.96 bits per heavy atom.